The van der Waals surface area contributed by atoms with Gasteiger partial charge in [0.15, 0.2) is 0 Å². The Morgan fingerprint density at radius 2 is 2.03 bits per heavy atom. The summed E-state index contributed by atoms with van der Waals surface area (Å²) >= 11 is 0. The van der Waals surface area contributed by atoms with Gasteiger partial charge in [0.05, 0.1) is 38.1 Å². The van der Waals surface area contributed by atoms with Gasteiger partial charge in [-0.25, -0.2) is 0 Å². The van der Waals surface area contributed by atoms with Gasteiger partial charge < -0.3 is 24.3 Å². The predicted octanol–water partition coefficient (Wildman–Crippen LogP) is 3.83. The van der Waals surface area contributed by atoms with Crippen molar-refractivity contribution in [1.29, 1.82) is 0 Å². The number of amides is 1. The molecule has 172 valence electrons. The Bertz CT molecular complexity index is 1110. The van der Waals surface area contributed by atoms with Crippen LogP contribution in [0.1, 0.15) is 18.4 Å². The molecule has 2 aliphatic rings. The largest absolute Gasteiger partial charge is 0.497 e. The molecule has 8 nitrogen and oxygen atoms in total. The first-order valence-corrected chi connectivity index (χ1v) is 11.2. The highest BCUT2D eigenvalue weighted by molar-refractivity contribution is 5.95. The van der Waals surface area contributed by atoms with E-state index in [2.05, 4.69) is 15.5 Å². The Morgan fingerprint density at radius 1 is 1.15 bits per heavy atom. The Labute approximate surface area is 192 Å². The number of methoxy groups -OCH3 is 1. The van der Waals surface area contributed by atoms with Crippen LogP contribution in [-0.2, 0) is 16.0 Å². The van der Waals surface area contributed by atoms with Gasteiger partial charge in [-0.2, -0.15) is 5.10 Å². The SMILES string of the molecule is COc1ccc2c(c1)C[C@@H](C(=O)Nc1ccc(-c3cn[nH]c3)cc1OC1CCOCC1)CO2. The number of hydrogen-bond donors (Lipinski definition) is 2. The average molecular weight is 450 g/mol. The first-order valence-electron chi connectivity index (χ1n) is 11.2. The maximum atomic E-state index is 13.2. The quantitative estimate of drug-likeness (QED) is 0.594. The number of hydrogen-bond acceptors (Lipinski definition) is 6. The Hall–Kier alpha value is -3.52. The molecule has 8 heteroatoms. The maximum absolute atomic E-state index is 13.2. The number of nitrogens with one attached hydrogen (secondary N) is 2. The van der Waals surface area contributed by atoms with E-state index in [0.29, 0.717) is 37.7 Å². The highest BCUT2D eigenvalue weighted by Crippen LogP contribution is 2.35. The number of rotatable bonds is 6. The summed E-state index contributed by atoms with van der Waals surface area (Å²) in [6, 6.07) is 11.5. The van der Waals surface area contributed by atoms with Crippen LogP contribution in [0.3, 0.4) is 0 Å². The molecule has 1 saturated heterocycles. The van der Waals surface area contributed by atoms with Crippen molar-refractivity contribution in [2.24, 2.45) is 5.92 Å². The number of aromatic amines is 1. The van der Waals surface area contributed by atoms with E-state index >= 15 is 0 Å². The second kappa shape index (κ2) is 9.54. The molecule has 0 saturated carbocycles. The molecular weight excluding hydrogens is 422 g/mol. The number of benzene rings is 2. The van der Waals surface area contributed by atoms with E-state index in [1.54, 1.807) is 13.3 Å². The zero-order valence-electron chi connectivity index (χ0n) is 18.5. The van der Waals surface area contributed by atoms with Gasteiger partial charge in [-0.15, -0.1) is 0 Å². The first kappa shape index (κ1) is 21.3. The minimum absolute atomic E-state index is 0.0476. The number of ether oxygens (including phenoxy) is 4. The van der Waals surface area contributed by atoms with Crippen LogP contribution in [-0.4, -0.2) is 49.1 Å². The van der Waals surface area contributed by atoms with E-state index in [1.807, 2.05) is 42.6 Å². The minimum atomic E-state index is -0.311. The normalized spacial score (nSPS) is 18.2. The molecule has 0 aliphatic carbocycles. The van der Waals surface area contributed by atoms with Crippen LogP contribution in [0.15, 0.2) is 48.8 Å². The van der Waals surface area contributed by atoms with Gasteiger partial charge in [0, 0.05) is 24.6 Å². The summed E-state index contributed by atoms with van der Waals surface area (Å²) in [4.78, 5) is 13.2. The lowest BCUT2D eigenvalue weighted by Gasteiger charge is -2.27. The van der Waals surface area contributed by atoms with Gasteiger partial charge in [-0.05, 0) is 47.9 Å². The van der Waals surface area contributed by atoms with Crippen molar-refractivity contribution in [2.45, 2.75) is 25.4 Å². The number of anilines is 1. The predicted molar refractivity (Wildman–Crippen MR) is 123 cm³/mol. The molecular formula is C25H27N3O5. The summed E-state index contributed by atoms with van der Waals surface area (Å²) in [5.74, 6) is 1.78. The monoisotopic (exact) mass is 449 g/mol. The molecule has 1 aromatic heterocycles. The summed E-state index contributed by atoms with van der Waals surface area (Å²) in [5, 5.41) is 9.94. The van der Waals surface area contributed by atoms with Crippen LogP contribution in [0.25, 0.3) is 11.1 Å². The van der Waals surface area contributed by atoms with Crippen molar-refractivity contribution in [1.82, 2.24) is 10.2 Å². The number of nitrogens with zero attached hydrogens (tertiary/aromatic N) is 1. The van der Waals surface area contributed by atoms with Crippen molar-refractivity contribution < 1.29 is 23.7 Å². The van der Waals surface area contributed by atoms with Gasteiger partial charge in [0.25, 0.3) is 0 Å². The summed E-state index contributed by atoms with van der Waals surface area (Å²) in [7, 11) is 1.63. The van der Waals surface area contributed by atoms with E-state index in [4.69, 9.17) is 18.9 Å². The summed E-state index contributed by atoms with van der Waals surface area (Å²) in [6.45, 7) is 1.68. The maximum Gasteiger partial charge on any atom is 0.231 e. The van der Waals surface area contributed by atoms with E-state index in [9.17, 15) is 4.79 Å². The van der Waals surface area contributed by atoms with Crippen LogP contribution < -0.4 is 19.5 Å². The number of carbonyl (C=O) groups excluding carboxylic acids is 1. The van der Waals surface area contributed by atoms with Crippen molar-refractivity contribution in [2.75, 3.05) is 32.2 Å². The third-order valence-corrected chi connectivity index (χ3v) is 6.08. The van der Waals surface area contributed by atoms with Crippen molar-refractivity contribution in [3.63, 3.8) is 0 Å². The Morgan fingerprint density at radius 3 is 2.82 bits per heavy atom. The number of aromatic nitrogens is 2. The van der Waals surface area contributed by atoms with Crippen LogP contribution in [0.4, 0.5) is 5.69 Å². The zero-order chi connectivity index (χ0) is 22.6. The second-order valence-corrected chi connectivity index (χ2v) is 8.30. The van der Waals surface area contributed by atoms with Crippen LogP contribution in [0, 0.1) is 5.92 Å². The molecule has 0 radical (unpaired) electrons. The van der Waals surface area contributed by atoms with Gasteiger partial charge in [-0.1, -0.05) is 6.07 Å². The van der Waals surface area contributed by atoms with Gasteiger partial charge in [-0.3, -0.25) is 9.89 Å². The first-order chi connectivity index (χ1) is 16.2. The van der Waals surface area contributed by atoms with Crippen molar-refractivity contribution in [3.8, 4) is 28.4 Å². The lowest BCUT2D eigenvalue weighted by molar-refractivity contribution is -0.121. The number of fused-ring (bicyclic) bond motifs is 1. The highest BCUT2D eigenvalue weighted by atomic mass is 16.5. The smallest absolute Gasteiger partial charge is 0.231 e. The van der Waals surface area contributed by atoms with Gasteiger partial charge >= 0.3 is 0 Å². The molecule has 1 atom stereocenters. The zero-order valence-corrected chi connectivity index (χ0v) is 18.5. The second-order valence-electron chi connectivity index (χ2n) is 8.30. The van der Waals surface area contributed by atoms with E-state index < -0.39 is 0 Å². The van der Waals surface area contributed by atoms with Crippen LogP contribution >= 0.6 is 0 Å². The average Bonchev–Trinajstić information content (AvgIpc) is 3.40. The molecule has 3 heterocycles. The molecule has 1 fully saturated rings. The molecule has 2 N–H and O–H groups in total. The highest BCUT2D eigenvalue weighted by Gasteiger charge is 2.27. The number of carbonyl (C=O) groups is 1. The molecule has 1 amide bonds. The topological polar surface area (TPSA) is 94.7 Å². The molecule has 0 bridgehead atoms. The van der Waals surface area contributed by atoms with E-state index in [0.717, 1.165) is 41.0 Å². The van der Waals surface area contributed by atoms with E-state index in [-0.39, 0.29) is 17.9 Å². The van der Waals surface area contributed by atoms with Crippen molar-refractivity contribution >= 4 is 11.6 Å². The molecule has 2 aromatic carbocycles. The third kappa shape index (κ3) is 4.80. The fraction of sp³-hybridized carbons (Fsp3) is 0.360. The summed E-state index contributed by atoms with van der Waals surface area (Å²) < 4.78 is 22.9. The summed E-state index contributed by atoms with van der Waals surface area (Å²) in [6.07, 6.45) is 5.86. The van der Waals surface area contributed by atoms with Crippen LogP contribution in [0.5, 0.6) is 17.2 Å². The molecule has 5 rings (SSSR count). The van der Waals surface area contributed by atoms with Crippen LogP contribution in [0.2, 0.25) is 0 Å². The lowest BCUT2D eigenvalue weighted by atomic mass is 9.95. The van der Waals surface area contributed by atoms with Gasteiger partial charge in [0.2, 0.25) is 5.91 Å². The minimum Gasteiger partial charge on any atom is -0.497 e. The Kier molecular flexibility index (Phi) is 6.17. The fourth-order valence-corrected chi connectivity index (χ4v) is 4.19. The molecule has 33 heavy (non-hydrogen) atoms. The molecule has 2 aliphatic heterocycles. The molecule has 0 spiro atoms. The number of H-pyrrole nitrogens is 1. The standard InChI is InChI=1S/C25H27N3O5/c1-30-21-3-5-23-17(11-21)10-18(15-32-23)25(29)28-22-4-2-16(19-13-26-27-14-19)12-24(22)33-20-6-8-31-9-7-20/h2-5,11-14,18,20H,6-10,15H2,1H3,(H,26,27)(H,28,29)/t18-/m1/s1. The molecule has 3 aromatic rings. The molecule has 0 unspecified atom stereocenters. The third-order valence-electron chi connectivity index (χ3n) is 6.08. The Balaban J connectivity index is 1.35. The lowest BCUT2D eigenvalue weighted by Crippen LogP contribution is -2.33. The van der Waals surface area contributed by atoms with Crippen molar-refractivity contribution in [3.05, 3.63) is 54.4 Å². The van der Waals surface area contributed by atoms with E-state index in [1.165, 1.54) is 0 Å². The fourth-order valence-electron chi connectivity index (χ4n) is 4.19. The summed E-state index contributed by atoms with van der Waals surface area (Å²) in [5.41, 5.74) is 3.53. The van der Waals surface area contributed by atoms with Gasteiger partial charge in [0.1, 0.15) is 30.0 Å².